The lowest BCUT2D eigenvalue weighted by atomic mass is 9.86. The van der Waals surface area contributed by atoms with Crippen molar-refractivity contribution in [2.75, 3.05) is 39.3 Å². The Hall–Kier alpha value is -1.14. The summed E-state index contributed by atoms with van der Waals surface area (Å²) in [5.41, 5.74) is -0.349. The number of hydrogen-bond acceptors (Lipinski definition) is 4. The van der Waals surface area contributed by atoms with Crippen molar-refractivity contribution in [3.05, 3.63) is 0 Å². The summed E-state index contributed by atoms with van der Waals surface area (Å²) in [6.45, 7) is 4.75. The highest BCUT2D eigenvalue weighted by atomic mass is 16.5. The number of carbonyl (C=O) groups excluding carboxylic acids is 2. The molecule has 3 aliphatic heterocycles. The van der Waals surface area contributed by atoms with Crippen LogP contribution in [0.5, 0.6) is 0 Å². The van der Waals surface area contributed by atoms with E-state index in [9.17, 15) is 9.59 Å². The number of ether oxygens (including phenoxy) is 1. The molecule has 4 fully saturated rings. The molecule has 1 unspecified atom stereocenters. The number of nitrogens with zero attached hydrogens (tertiary/aromatic N) is 2. The Kier molecular flexibility index (Phi) is 6.02. The van der Waals surface area contributed by atoms with Crippen molar-refractivity contribution < 1.29 is 14.3 Å². The van der Waals surface area contributed by atoms with Crippen LogP contribution in [-0.2, 0) is 14.3 Å². The van der Waals surface area contributed by atoms with E-state index >= 15 is 0 Å². The fraction of sp³-hybridized carbons (Fsp3) is 0.905. The molecule has 0 aromatic rings. The first-order valence-electron chi connectivity index (χ1n) is 11.1. The fourth-order valence-corrected chi connectivity index (χ4v) is 5.56. The van der Waals surface area contributed by atoms with Crippen LogP contribution in [0.3, 0.4) is 0 Å². The van der Waals surface area contributed by atoms with Gasteiger partial charge in [0.1, 0.15) is 0 Å². The first-order chi connectivity index (χ1) is 13.2. The lowest BCUT2D eigenvalue weighted by Crippen LogP contribution is -2.53. The number of hydrogen-bond donors (Lipinski definition) is 1. The monoisotopic (exact) mass is 377 g/mol. The Morgan fingerprint density at radius 3 is 2.59 bits per heavy atom. The zero-order valence-electron chi connectivity index (χ0n) is 16.6. The first kappa shape index (κ1) is 19.2. The molecular formula is C21H35N3O3. The van der Waals surface area contributed by atoms with Crippen molar-refractivity contribution >= 4 is 11.8 Å². The molecule has 1 saturated carbocycles. The van der Waals surface area contributed by atoms with Crippen molar-refractivity contribution in [2.24, 2.45) is 5.92 Å². The van der Waals surface area contributed by atoms with E-state index < -0.39 is 0 Å². The second kappa shape index (κ2) is 8.48. The van der Waals surface area contributed by atoms with Gasteiger partial charge < -0.3 is 15.0 Å². The van der Waals surface area contributed by atoms with Crippen molar-refractivity contribution in [1.82, 2.24) is 15.1 Å². The summed E-state index contributed by atoms with van der Waals surface area (Å²) in [5, 5.41) is 2.89. The highest BCUT2D eigenvalue weighted by Gasteiger charge is 2.41. The third kappa shape index (κ3) is 4.48. The van der Waals surface area contributed by atoms with Gasteiger partial charge in [0, 0.05) is 32.2 Å². The van der Waals surface area contributed by atoms with Crippen LogP contribution < -0.4 is 5.32 Å². The standard InChI is InChI=1S/C21H35N3O3/c25-19-15-21(27-14-10-22-19)8-12-23(13-9-21)20(26)17-5-4-11-24(16-17)18-6-2-1-3-7-18/h17-18H,1-16H2,(H,22,25). The van der Waals surface area contributed by atoms with Gasteiger partial charge in [0.15, 0.2) is 0 Å². The van der Waals surface area contributed by atoms with Crippen LogP contribution in [0.4, 0.5) is 0 Å². The topological polar surface area (TPSA) is 61.9 Å². The number of likely N-dealkylation sites (tertiary alicyclic amines) is 2. The van der Waals surface area contributed by atoms with Crippen LogP contribution in [0.15, 0.2) is 0 Å². The normalized spacial score (nSPS) is 30.7. The summed E-state index contributed by atoms with van der Waals surface area (Å²) < 4.78 is 6.04. The lowest BCUT2D eigenvalue weighted by molar-refractivity contribution is -0.145. The van der Waals surface area contributed by atoms with E-state index in [1.54, 1.807) is 0 Å². The van der Waals surface area contributed by atoms with Gasteiger partial charge in [0.05, 0.1) is 24.5 Å². The largest absolute Gasteiger partial charge is 0.372 e. The summed E-state index contributed by atoms with van der Waals surface area (Å²) in [4.78, 5) is 29.7. The summed E-state index contributed by atoms with van der Waals surface area (Å²) in [6, 6.07) is 0.705. The van der Waals surface area contributed by atoms with Gasteiger partial charge in [-0.3, -0.25) is 14.5 Å². The molecule has 0 aromatic heterocycles. The highest BCUT2D eigenvalue weighted by molar-refractivity contribution is 5.80. The van der Waals surface area contributed by atoms with E-state index in [1.165, 1.54) is 38.6 Å². The van der Waals surface area contributed by atoms with Crippen LogP contribution in [-0.4, -0.2) is 72.6 Å². The molecule has 4 rings (SSSR count). The van der Waals surface area contributed by atoms with E-state index in [4.69, 9.17) is 4.74 Å². The molecule has 0 radical (unpaired) electrons. The average molecular weight is 378 g/mol. The summed E-state index contributed by atoms with van der Waals surface area (Å²) in [5.74, 6) is 0.583. The van der Waals surface area contributed by atoms with Crippen LogP contribution in [0.25, 0.3) is 0 Å². The van der Waals surface area contributed by atoms with Gasteiger partial charge in [0.25, 0.3) is 0 Å². The second-order valence-electron chi connectivity index (χ2n) is 9.01. The first-order valence-corrected chi connectivity index (χ1v) is 11.1. The molecule has 1 atom stereocenters. The second-order valence-corrected chi connectivity index (χ2v) is 9.01. The number of rotatable bonds is 2. The van der Waals surface area contributed by atoms with Gasteiger partial charge in [-0.25, -0.2) is 0 Å². The van der Waals surface area contributed by atoms with Crippen LogP contribution in [0, 0.1) is 5.92 Å². The quantitative estimate of drug-likeness (QED) is 0.799. The van der Waals surface area contributed by atoms with Gasteiger partial charge in [-0.15, -0.1) is 0 Å². The van der Waals surface area contributed by atoms with E-state index in [0.717, 1.165) is 45.3 Å². The molecule has 27 heavy (non-hydrogen) atoms. The average Bonchev–Trinajstić information content (AvgIpc) is 2.90. The molecule has 2 amide bonds. The molecular weight excluding hydrogens is 342 g/mol. The maximum Gasteiger partial charge on any atom is 0.226 e. The molecule has 1 spiro atoms. The maximum atomic E-state index is 13.2. The minimum Gasteiger partial charge on any atom is -0.372 e. The SMILES string of the molecule is O=C1CC2(CCN(C(=O)C3CCCN(C4CCCCC4)C3)CC2)OCCN1. The van der Waals surface area contributed by atoms with Crippen LogP contribution in [0.2, 0.25) is 0 Å². The number of carbonyl (C=O) groups is 2. The van der Waals surface area contributed by atoms with Crippen LogP contribution in [0.1, 0.15) is 64.2 Å². The molecule has 4 aliphatic rings. The van der Waals surface area contributed by atoms with Gasteiger partial charge in [-0.05, 0) is 45.1 Å². The van der Waals surface area contributed by atoms with Gasteiger partial charge in [0.2, 0.25) is 11.8 Å². The van der Waals surface area contributed by atoms with Gasteiger partial charge in [-0.2, -0.15) is 0 Å². The highest BCUT2D eigenvalue weighted by Crippen LogP contribution is 2.33. The molecule has 6 heteroatoms. The molecule has 3 saturated heterocycles. The summed E-state index contributed by atoms with van der Waals surface area (Å²) >= 11 is 0. The molecule has 0 bridgehead atoms. The number of amides is 2. The van der Waals surface area contributed by atoms with Crippen molar-refractivity contribution in [1.29, 1.82) is 0 Å². The van der Waals surface area contributed by atoms with Crippen molar-refractivity contribution in [2.45, 2.75) is 75.9 Å². The van der Waals surface area contributed by atoms with E-state index in [-0.39, 0.29) is 17.4 Å². The summed E-state index contributed by atoms with van der Waals surface area (Å²) in [7, 11) is 0. The Balaban J connectivity index is 1.31. The minimum atomic E-state index is -0.349. The Morgan fingerprint density at radius 2 is 1.81 bits per heavy atom. The molecule has 3 heterocycles. The van der Waals surface area contributed by atoms with Crippen LogP contribution >= 0.6 is 0 Å². The van der Waals surface area contributed by atoms with E-state index in [1.807, 2.05) is 4.90 Å². The van der Waals surface area contributed by atoms with E-state index in [0.29, 0.717) is 31.5 Å². The molecule has 0 aromatic carbocycles. The third-order valence-electron chi connectivity index (χ3n) is 7.19. The molecule has 152 valence electrons. The minimum absolute atomic E-state index is 0.0858. The molecule has 1 N–H and O–H groups in total. The zero-order valence-corrected chi connectivity index (χ0v) is 16.6. The number of nitrogens with one attached hydrogen (secondary N) is 1. The van der Waals surface area contributed by atoms with Gasteiger partial charge in [-0.1, -0.05) is 19.3 Å². The van der Waals surface area contributed by atoms with E-state index in [2.05, 4.69) is 10.2 Å². The van der Waals surface area contributed by atoms with Crippen molar-refractivity contribution in [3.63, 3.8) is 0 Å². The maximum absolute atomic E-state index is 13.2. The Morgan fingerprint density at radius 1 is 1.04 bits per heavy atom. The zero-order chi connectivity index (χ0) is 18.7. The molecule has 1 aliphatic carbocycles. The fourth-order valence-electron chi connectivity index (χ4n) is 5.56. The predicted molar refractivity (Wildman–Crippen MR) is 103 cm³/mol. The smallest absolute Gasteiger partial charge is 0.226 e. The van der Waals surface area contributed by atoms with Crippen molar-refractivity contribution in [3.8, 4) is 0 Å². The lowest BCUT2D eigenvalue weighted by Gasteiger charge is -2.44. The molecule has 6 nitrogen and oxygen atoms in total. The summed E-state index contributed by atoms with van der Waals surface area (Å²) in [6.07, 6.45) is 10.9. The third-order valence-corrected chi connectivity index (χ3v) is 7.19. The Labute approximate surface area is 163 Å². The van der Waals surface area contributed by atoms with Gasteiger partial charge >= 0.3 is 0 Å². The predicted octanol–water partition coefficient (Wildman–Crippen LogP) is 1.93. The Bertz CT molecular complexity index is 539. The number of piperidine rings is 2.